The van der Waals surface area contributed by atoms with Crippen LogP contribution in [-0.4, -0.2) is 59.7 Å². The molecule has 2 heterocycles. The second-order valence-corrected chi connectivity index (χ2v) is 8.17. The minimum atomic E-state index is -1.29. The van der Waals surface area contributed by atoms with Crippen LogP contribution < -0.4 is 14.9 Å². The normalized spacial score (nSPS) is 10.2. The number of pyridine rings is 2. The summed E-state index contributed by atoms with van der Waals surface area (Å²) in [6, 6.07) is 22.7. The Hall–Kier alpha value is -3.60. The first-order chi connectivity index (χ1) is 19.0. The van der Waals surface area contributed by atoms with Crippen molar-refractivity contribution in [3.8, 4) is 22.9 Å². The summed E-state index contributed by atoms with van der Waals surface area (Å²) in [6.45, 7) is 0. The number of aliphatic hydroxyl groups is 2. The Morgan fingerprint density at radius 1 is 0.950 bits per heavy atom. The van der Waals surface area contributed by atoms with Gasteiger partial charge in [-0.3, -0.25) is 15.0 Å². The predicted octanol–water partition coefficient (Wildman–Crippen LogP) is 2.67. The Morgan fingerprint density at radius 2 is 1.48 bits per heavy atom. The summed E-state index contributed by atoms with van der Waals surface area (Å²) in [6.07, 6.45) is 4.98. The van der Waals surface area contributed by atoms with Gasteiger partial charge in [0.15, 0.2) is 0 Å². The standard InChI is InChI=1S/C17H16BrNO4.C10H8N2.2CH4O.Cu/c1-23-15-9-13(18)8-12(16(15)20)10-19-14(17(21)22)7-11-5-3-2-4-6-11;1-3-7-11-9(5-1)10-6-2-4-8-12-10;2*1-2;/h2-6,8-10,14,20H,7H2,1H3,(H,21,22);1-8H;2*2H,1H3;/q;;;;+2/p-2/t14-;;;;/m1..../s1. The summed E-state index contributed by atoms with van der Waals surface area (Å²) in [5.41, 5.74) is 2.90. The molecular formula is C29H30BrCuN3O6. The largest absolute Gasteiger partial charge is 2.00 e. The van der Waals surface area contributed by atoms with Crippen LogP contribution in [0.2, 0.25) is 0 Å². The van der Waals surface area contributed by atoms with E-state index >= 15 is 0 Å². The molecule has 215 valence electrons. The molecule has 2 N–H and O–H groups in total. The number of hydrogen-bond acceptors (Lipinski definition) is 9. The molecule has 4 aromatic rings. The molecule has 9 nitrogen and oxygen atoms in total. The number of ether oxygens (including phenoxy) is 1. The Balaban J connectivity index is 0.000000752. The maximum Gasteiger partial charge on any atom is 2.00 e. The Morgan fingerprint density at radius 3 is 1.93 bits per heavy atom. The van der Waals surface area contributed by atoms with E-state index in [4.69, 9.17) is 14.9 Å². The van der Waals surface area contributed by atoms with Gasteiger partial charge in [0.1, 0.15) is 5.75 Å². The van der Waals surface area contributed by atoms with Gasteiger partial charge in [-0.1, -0.05) is 64.1 Å². The van der Waals surface area contributed by atoms with Crippen molar-refractivity contribution in [2.75, 3.05) is 21.3 Å². The Bertz CT molecular complexity index is 1230. The maximum atomic E-state index is 12.1. The molecule has 0 aliphatic carbocycles. The van der Waals surface area contributed by atoms with Crippen LogP contribution in [0.4, 0.5) is 0 Å². The fourth-order valence-electron chi connectivity index (χ4n) is 3.07. The molecule has 0 spiro atoms. The van der Waals surface area contributed by atoms with E-state index in [1.165, 1.54) is 13.3 Å². The fraction of sp³-hybridized carbons (Fsp3) is 0.172. The second-order valence-electron chi connectivity index (χ2n) is 7.26. The minimum Gasteiger partial charge on any atom is -0.870 e. The summed E-state index contributed by atoms with van der Waals surface area (Å²) in [5, 5.41) is 37.4. The van der Waals surface area contributed by atoms with E-state index in [2.05, 4.69) is 30.9 Å². The van der Waals surface area contributed by atoms with Gasteiger partial charge in [-0.2, -0.15) is 0 Å². The van der Waals surface area contributed by atoms with Crippen molar-refractivity contribution in [1.82, 2.24) is 9.97 Å². The molecule has 0 unspecified atom stereocenters. The number of benzene rings is 2. The monoisotopic (exact) mass is 658 g/mol. The number of aliphatic imine (C=N–C) groups is 1. The molecular weight excluding hydrogens is 630 g/mol. The predicted molar refractivity (Wildman–Crippen MR) is 150 cm³/mol. The molecule has 0 fully saturated rings. The molecule has 4 rings (SSSR count). The number of methoxy groups -OCH3 is 1. The first-order valence-electron chi connectivity index (χ1n) is 11.5. The smallest absolute Gasteiger partial charge is 0.870 e. The van der Waals surface area contributed by atoms with Crippen molar-refractivity contribution in [1.29, 1.82) is 0 Å². The van der Waals surface area contributed by atoms with Gasteiger partial charge in [0, 0.05) is 43.7 Å². The average Bonchev–Trinajstić information content (AvgIpc) is 3.00. The summed E-state index contributed by atoms with van der Waals surface area (Å²) in [5.74, 6) is -1.48. The summed E-state index contributed by atoms with van der Waals surface area (Å²) < 4.78 is 5.63. The van der Waals surface area contributed by atoms with Gasteiger partial charge in [-0.25, -0.2) is 0 Å². The van der Waals surface area contributed by atoms with Crippen molar-refractivity contribution >= 4 is 28.1 Å². The topological polar surface area (TPSA) is 151 Å². The van der Waals surface area contributed by atoms with Crippen molar-refractivity contribution < 1.29 is 47.0 Å². The number of carboxylic acids is 1. The number of aliphatic hydroxyl groups excluding tert-OH is 2. The fourth-order valence-corrected chi connectivity index (χ4v) is 3.52. The number of rotatable bonds is 7. The third-order valence-corrected chi connectivity index (χ3v) is 5.26. The number of hydrogen-bond donors (Lipinski definition) is 2. The van der Waals surface area contributed by atoms with E-state index in [0.29, 0.717) is 4.47 Å². The maximum absolute atomic E-state index is 12.1. The zero-order valence-electron chi connectivity index (χ0n) is 22.1. The average molecular weight is 660 g/mol. The van der Waals surface area contributed by atoms with Gasteiger partial charge in [0.05, 0.1) is 30.5 Å². The van der Waals surface area contributed by atoms with Crippen LogP contribution in [0, 0.1) is 0 Å². The van der Waals surface area contributed by atoms with E-state index in [-0.39, 0.29) is 40.6 Å². The summed E-state index contributed by atoms with van der Waals surface area (Å²) in [7, 11) is 3.39. The van der Waals surface area contributed by atoms with Crippen LogP contribution in [0.15, 0.2) is 101 Å². The van der Waals surface area contributed by atoms with Crippen molar-refractivity contribution in [2.24, 2.45) is 4.99 Å². The van der Waals surface area contributed by atoms with Crippen LogP contribution in [0.3, 0.4) is 0 Å². The van der Waals surface area contributed by atoms with Crippen LogP contribution >= 0.6 is 15.9 Å². The van der Waals surface area contributed by atoms with Gasteiger partial charge in [-0.15, -0.1) is 0 Å². The number of carbonyl (C=O) groups is 1. The Kier molecular flexibility index (Phi) is 19.3. The van der Waals surface area contributed by atoms with Crippen molar-refractivity contribution in [3.63, 3.8) is 0 Å². The van der Waals surface area contributed by atoms with E-state index in [9.17, 15) is 15.0 Å². The molecule has 2 aromatic carbocycles. The van der Waals surface area contributed by atoms with Crippen molar-refractivity contribution in [3.05, 3.63) is 107 Å². The molecule has 0 amide bonds. The first kappa shape index (κ1) is 36.4. The van der Waals surface area contributed by atoms with Crippen molar-refractivity contribution in [2.45, 2.75) is 12.5 Å². The van der Waals surface area contributed by atoms with E-state index in [1.807, 2.05) is 66.7 Å². The number of nitrogens with zero attached hydrogens (tertiary/aromatic N) is 3. The third kappa shape index (κ3) is 12.5. The third-order valence-electron chi connectivity index (χ3n) is 4.80. The van der Waals surface area contributed by atoms with Gasteiger partial charge >= 0.3 is 17.1 Å². The molecule has 1 atom stereocenters. The van der Waals surface area contributed by atoms with E-state index in [1.54, 1.807) is 24.5 Å². The summed E-state index contributed by atoms with van der Waals surface area (Å²) >= 11 is 3.27. The van der Waals surface area contributed by atoms with Crippen LogP contribution in [0.5, 0.6) is 11.5 Å². The Labute approximate surface area is 252 Å². The number of carbonyl (C=O) groups excluding carboxylic acids is 1. The minimum absolute atomic E-state index is 0. The molecule has 0 aliphatic heterocycles. The van der Waals surface area contributed by atoms with Crippen LogP contribution in [0.25, 0.3) is 11.4 Å². The van der Waals surface area contributed by atoms with Gasteiger partial charge in [0.2, 0.25) is 0 Å². The molecule has 0 bridgehead atoms. The number of carboxylic acid groups (broad SMARTS) is 1. The molecule has 0 aliphatic rings. The number of aliphatic carboxylic acids is 1. The van der Waals surface area contributed by atoms with Gasteiger partial charge in [0.25, 0.3) is 0 Å². The van der Waals surface area contributed by atoms with Crippen LogP contribution in [0.1, 0.15) is 11.1 Å². The second kappa shape index (κ2) is 21.2. The van der Waals surface area contributed by atoms with E-state index in [0.717, 1.165) is 31.2 Å². The van der Waals surface area contributed by atoms with Crippen LogP contribution in [-0.2, 0) is 28.3 Å². The molecule has 11 heteroatoms. The SMILES string of the molecule is CO.CO.COc1cc(Br)cc(C=N[C@H](Cc2ccccc2)C(=O)[O-])c1[O-].[Cu+2].c1ccc(-c2ccccn2)nc1. The molecule has 40 heavy (non-hydrogen) atoms. The molecule has 1 radical (unpaired) electrons. The molecule has 0 saturated carbocycles. The number of aromatic nitrogens is 2. The van der Waals surface area contributed by atoms with Gasteiger partial charge in [-0.05, 0) is 47.5 Å². The first-order valence-corrected chi connectivity index (χ1v) is 12.3. The zero-order chi connectivity index (χ0) is 29.0. The zero-order valence-corrected chi connectivity index (χ0v) is 24.6. The number of halogens is 1. The molecule has 2 aromatic heterocycles. The summed E-state index contributed by atoms with van der Waals surface area (Å²) in [4.78, 5) is 23.6. The quantitative estimate of drug-likeness (QED) is 0.227. The molecule has 0 saturated heterocycles. The van der Waals surface area contributed by atoms with E-state index < -0.39 is 12.0 Å². The van der Waals surface area contributed by atoms with Gasteiger partial charge < -0.3 is 30.0 Å².